The van der Waals surface area contributed by atoms with E-state index in [4.69, 9.17) is 0 Å². The standard InChI is InChI=1S/C12H15BrN4O/c1-17-8-15-12(16-17)7-14-6-11(18)9-2-4-10(13)5-3-9/h2-5,8,11,14,18H,6-7H2,1H3/t11-/m0/s1. The van der Waals surface area contributed by atoms with Gasteiger partial charge in [-0.25, -0.2) is 4.98 Å². The van der Waals surface area contributed by atoms with Gasteiger partial charge in [0.2, 0.25) is 0 Å². The molecule has 0 saturated carbocycles. The summed E-state index contributed by atoms with van der Waals surface area (Å²) in [4.78, 5) is 4.10. The van der Waals surface area contributed by atoms with Gasteiger partial charge in [-0.1, -0.05) is 28.1 Å². The fourth-order valence-corrected chi connectivity index (χ4v) is 1.85. The molecule has 1 aromatic heterocycles. The minimum Gasteiger partial charge on any atom is -0.387 e. The van der Waals surface area contributed by atoms with Crippen molar-refractivity contribution in [2.45, 2.75) is 12.6 Å². The average molecular weight is 311 g/mol. The number of benzene rings is 1. The minimum absolute atomic E-state index is 0.472. The van der Waals surface area contributed by atoms with E-state index in [9.17, 15) is 5.11 Å². The first-order valence-electron chi connectivity index (χ1n) is 5.64. The molecular weight excluding hydrogens is 296 g/mol. The molecular formula is C12H15BrN4O. The Kier molecular flexibility index (Phi) is 4.46. The van der Waals surface area contributed by atoms with Crippen LogP contribution >= 0.6 is 15.9 Å². The Bertz CT molecular complexity index is 497. The Morgan fingerprint density at radius 3 is 2.72 bits per heavy atom. The second-order valence-electron chi connectivity index (χ2n) is 4.03. The zero-order chi connectivity index (χ0) is 13.0. The molecule has 0 aliphatic rings. The van der Waals surface area contributed by atoms with Crippen LogP contribution in [0.2, 0.25) is 0 Å². The van der Waals surface area contributed by atoms with E-state index in [-0.39, 0.29) is 0 Å². The predicted molar refractivity (Wildman–Crippen MR) is 71.8 cm³/mol. The summed E-state index contributed by atoms with van der Waals surface area (Å²) >= 11 is 3.36. The van der Waals surface area contributed by atoms with E-state index in [0.29, 0.717) is 13.1 Å². The van der Waals surface area contributed by atoms with Crippen molar-refractivity contribution in [2.75, 3.05) is 6.54 Å². The SMILES string of the molecule is Cn1cnc(CNC[C@H](O)c2ccc(Br)cc2)n1. The van der Waals surface area contributed by atoms with E-state index in [0.717, 1.165) is 15.9 Å². The largest absolute Gasteiger partial charge is 0.387 e. The van der Waals surface area contributed by atoms with E-state index in [2.05, 4.69) is 31.3 Å². The van der Waals surface area contributed by atoms with Gasteiger partial charge in [-0.15, -0.1) is 0 Å². The number of hydrogen-bond acceptors (Lipinski definition) is 4. The maximum atomic E-state index is 9.97. The topological polar surface area (TPSA) is 63.0 Å². The summed E-state index contributed by atoms with van der Waals surface area (Å²) < 4.78 is 2.66. The van der Waals surface area contributed by atoms with Crippen molar-refractivity contribution in [1.82, 2.24) is 20.1 Å². The van der Waals surface area contributed by atoms with Gasteiger partial charge in [0.1, 0.15) is 6.33 Å². The Morgan fingerprint density at radius 1 is 1.39 bits per heavy atom. The maximum absolute atomic E-state index is 9.97. The van der Waals surface area contributed by atoms with Gasteiger partial charge in [0, 0.05) is 18.1 Å². The van der Waals surface area contributed by atoms with Crippen LogP contribution in [0.5, 0.6) is 0 Å². The zero-order valence-electron chi connectivity index (χ0n) is 10.0. The fraction of sp³-hybridized carbons (Fsp3) is 0.333. The molecule has 1 heterocycles. The highest BCUT2D eigenvalue weighted by molar-refractivity contribution is 9.10. The molecule has 96 valence electrons. The van der Waals surface area contributed by atoms with Crippen molar-refractivity contribution < 1.29 is 5.11 Å². The van der Waals surface area contributed by atoms with Crippen LogP contribution in [0, 0.1) is 0 Å². The average Bonchev–Trinajstić information content (AvgIpc) is 2.76. The third-order valence-corrected chi connectivity index (χ3v) is 3.05. The first-order chi connectivity index (χ1) is 8.65. The molecule has 2 aromatic rings. The van der Waals surface area contributed by atoms with Crippen LogP contribution in [-0.2, 0) is 13.6 Å². The summed E-state index contributed by atoms with van der Waals surface area (Å²) in [6, 6.07) is 7.63. The quantitative estimate of drug-likeness (QED) is 0.876. The molecule has 0 amide bonds. The Labute approximate surface area is 114 Å². The van der Waals surface area contributed by atoms with Gasteiger partial charge in [-0.2, -0.15) is 5.10 Å². The van der Waals surface area contributed by atoms with Crippen LogP contribution < -0.4 is 5.32 Å². The molecule has 0 fully saturated rings. The van der Waals surface area contributed by atoms with Gasteiger partial charge in [0.05, 0.1) is 12.6 Å². The minimum atomic E-state index is -0.526. The number of aromatic nitrogens is 3. The van der Waals surface area contributed by atoms with Crippen LogP contribution in [0.15, 0.2) is 35.1 Å². The molecule has 0 saturated heterocycles. The van der Waals surface area contributed by atoms with Crippen LogP contribution in [0.3, 0.4) is 0 Å². The highest BCUT2D eigenvalue weighted by atomic mass is 79.9. The number of aliphatic hydroxyl groups excluding tert-OH is 1. The maximum Gasteiger partial charge on any atom is 0.164 e. The molecule has 0 radical (unpaired) electrons. The monoisotopic (exact) mass is 310 g/mol. The number of nitrogens with one attached hydrogen (secondary N) is 1. The Balaban J connectivity index is 1.81. The molecule has 0 spiro atoms. The zero-order valence-corrected chi connectivity index (χ0v) is 11.6. The fourth-order valence-electron chi connectivity index (χ4n) is 1.59. The van der Waals surface area contributed by atoms with Crippen molar-refractivity contribution in [3.05, 3.63) is 46.5 Å². The third kappa shape index (κ3) is 3.63. The van der Waals surface area contributed by atoms with Crippen molar-refractivity contribution >= 4 is 15.9 Å². The summed E-state index contributed by atoms with van der Waals surface area (Å²) in [5.41, 5.74) is 0.889. The van der Waals surface area contributed by atoms with Crippen LogP contribution in [-0.4, -0.2) is 26.4 Å². The first-order valence-corrected chi connectivity index (χ1v) is 6.43. The number of rotatable bonds is 5. The van der Waals surface area contributed by atoms with Crippen molar-refractivity contribution in [3.63, 3.8) is 0 Å². The second kappa shape index (κ2) is 6.08. The predicted octanol–water partition coefficient (Wildman–Crippen LogP) is 1.40. The lowest BCUT2D eigenvalue weighted by Gasteiger charge is -2.11. The van der Waals surface area contributed by atoms with Crippen LogP contribution in [0.25, 0.3) is 0 Å². The van der Waals surface area contributed by atoms with Gasteiger partial charge in [-0.05, 0) is 17.7 Å². The van der Waals surface area contributed by atoms with Crippen molar-refractivity contribution in [1.29, 1.82) is 0 Å². The molecule has 0 aliphatic carbocycles. The highest BCUT2D eigenvalue weighted by Crippen LogP contribution is 2.16. The second-order valence-corrected chi connectivity index (χ2v) is 4.95. The van der Waals surface area contributed by atoms with E-state index in [1.165, 1.54) is 0 Å². The van der Waals surface area contributed by atoms with Crippen LogP contribution in [0.1, 0.15) is 17.5 Å². The number of aliphatic hydroxyl groups is 1. The van der Waals surface area contributed by atoms with Crippen LogP contribution in [0.4, 0.5) is 0 Å². The van der Waals surface area contributed by atoms with Gasteiger partial charge < -0.3 is 10.4 Å². The lowest BCUT2D eigenvalue weighted by molar-refractivity contribution is 0.174. The molecule has 0 unspecified atom stereocenters. The third-order valence-electron chi connectivity index (χ3n) is 2.52. The van der Waals surface area contributed by atoms with Gasteiger partial charge in [0.25, 0.3) is 0 Å². The molecule has 2 rings (SSSR count). The number of nitrogens with zero attached hydrogens (tertiary/aromatic N) is 3. The van der Waals surface area contributed by atoms with Crippen molar-refractivity contribution in [2.24, 2.45) is 7.05 Å². The number of hydrogen-bond donors (Lipinski definition) is 2. The summed E-state index contributed by atoms with van der Waals surface area (Å²) in [7, 11) is 1.83. The molecule has 0 aliphatic heterocycles. The van der Waals surface area contributed by atoms with E-state index < -0.39 is 6.10 Å². The van der Waals surface area contributed by atoms with Crippen molar-refractivity contribution in [3.8, 4) is 0 Å². The molecule has 0 bridgehead atoms. The normalized spacial score (nSPS) is 12.6. The Morgan fingerprint density at radius 2 is 2.11 bits per heavy atom. The Hall–Kier alpha value is -1.24. The lowest BCUT2D eigenvalue weighted by Crippen LogP contribution is -2.21. The lowest BCUT2D eigenvalue weighted by atomic mass is 10.1. The summed E-state index contributed by atoms with van der Waals surface area (Å²) in [5, 5.41) is 17.2. The number of aryl methyl sites for hydroxylation is 1. The van der Waals surface area contributed by atoms with Gasteiger partial charge in [0.15, 0.2) is 5.82 Å². The molecule has 6 heteroatoms. The van der Waals surface area contributed by atoms with Gasteiger partial charge >= 0.3 is 0 Å². The summed E-state index contributed by atoms with van der Waals surface area (Å²) in [6.45, 7) is 1.02. The van der Waals surface area contributed by atoms with E-state index in [1.807, 2.05) is 31.3 Å². The summed E-state index contributed by atoms with van der Waals surface area (Å²) in [6.07, 6.45) is 1.13. The van der Waals surface area contributed by atoms with E-state index >= 15 is 0 Å². The van der Waals surface area contributed by atoms with Gasteiger partial charge in [-0.3, -0.25) is 4.68 Å². The molecule has 1 atom stereocenters. The molecule has 1 aromatic carbocycles. The first kappa shape index (κ1) is 13.2. The van der Waals surface area contributed by atoms with E-state index in [1.54, 1.807) is 11.0 Å². The smallest absolute Gasteiger partial charge is 0.164 e. The highest BCUT2D eigenvalue weighted by Gasteiger charge is 2.07. The summed E-state index contributed by atoms with van der Waals surface area (Å²) in [5.74, 6) is 0.723. The number of halogens is 1. The molecule has 18 heavy (non-hydrogen) atoms. The molecule has 2 N–H and O–H groups in total. The molecule has 5 nitrogen and oxygen atoms in total.